The van der Waals surface area contributed by atoms with E-state index >= 15 is 0 Å². The number of rotatable bonds is 53. The van der Waals surface area contributed by atoms with Crippen LogP contribution in [0.15, 0.2) is 60.8 Å². The summed E-state index contributed by atoms with van der Waals surface area (Å²) in [5.74, 6) is -0.829. The molecule has 0 amide bonds. The van der Waals surface area contributed by atoms with Gasteiger partial charge in [0.1, 0.15) is 6.61 Å². The highest BCUT2D eigenvalue weighted by Gasteiger charge is 2.26. The van der Waals surface area contributed by atoms with E-state index in [-0.39, 0.29) is 38.6 Å². The molecule has 0 aromatic carbocycles. The molecule has 9 nitrogen and oxygen atoms in total. The van der Waals surface area contributed by atoms with Crippen LogP contribution in [0.1, 0.15) is 264 Å². The van der Waals surface area contributed by atoms with Crippen molar-refractivity contribution in [2.24, 2.45) is 5.73 Å². The van der Waals surface area contributed by atoms with Crippen molar-refractivity contribution in [3.05, 3.63) is 60.8 Å². The first-order chi connectivity index (χ1) is 33.3. The zero-order valence-corrected chi connectivity index (χ0v) is 45.0. The lowest BCUT2D eigenvalue weighted by Crippen LogP contribution is -2.29. The average molecular weight is 976 g/mol. The lowest BCUT2D eigenvalue weighted by atomic mass is 10.0. The lowest BCUT2D eigenvalue weighted by molar-refractivity contribution is -0.161. The Balaban J connectivity index is 3.91. The Bertz CT molecular complexity index is 1300. The maximum Gasteiger partial charge on any atom is 0.472 e. The number of unbranched alkanes of at least 4 members (excludes halogenated alkanes) is 30. The van der Waals surface area contributed by atoms with Gasteiger partial charge in [-0.15, -0.1) is 0 Å². The van der Waals surface area contributed by atoms with Gasteiger partial charge in [0.05, 0.1) is 13.2 Å². The van der Waals surface area contributed by atoms with Gasteiger partial charge in [-0.05, 0) is 77.0 Å². The van der Waals surface area contributed by atoms with E-state index in [0.29, 0.717) is 6.42 Å². The van der Waals surface area contributed by atoms with Crippen molar-refractivity contribution in [3.63, 3.8) is 0 Å². The number of allylic oxidation sites excluding steroid dienone is 10. The summed E-state index contributed by atoms with van der Waals surface area (Å²) in [7, 11) is -4.39. The smallest absolute Gasteiger partial charge is 0.462 e. The monoisotopic (exact) mass is 976 g/mol. The molecule has 0 heterocycles. The maximum atomic E-state index is 12.7. The number of carbonyl (C=O) groups is 2. The molecule has 0 aromatic heterocycles. The minimum absolute atomic E-state index is 0.0523. The molecule has 0 radical (unpaired) electrons. The molecule has 0 aliphatic carbocycles. The number of nitrogens with two attached hydrogens (primary N) is 1. The van der Waals surface area contributed by atoms with E-state index in [2.05, 4.69) is 74.6 Å². The Morgan fingerprint density at radius 2 is 0.809 bits per heavy atom. The molecule has 0 rings (SSSR count). The summed E-state index contributed by atoms with van der Waals surface area (Å²) in [6, 6.07) is 0. The molecule has 396 valence electrons. The first-order valence-electron chi connectivity index (χ1n) is 28.3. The Kier molecular flexibility index (Phi) is 52.2. The van der Waals surface area contributed by atoms with Gasteiger partial charge in [0.25, 0.3) is 0 Å². The molecule has 0 fully saturated rings. The second-order valence-electron chi connectivity index (χ2n) is 18.8. The van der Waals surface area contributed by atoms with Crippen molar-refractivity contribution in [2.45, 2.75) is 270 Å². The van der Waals surface area contributed by atoms with Gasteiger partial charge in [0, 0.05) is 19.4 Å². The van der Waals surface area contributed by atoms with Crippen LogP contribution in [0.3, 0.4) is 0 Å². The summed E-state index contributed by atoms with van der Waals surface area (Å²) in [5, 5.41) is 0. The van der Waals surface area contributed by atoms with Crippen molar-refractivity contribution >= 4 is 19.8 Å². The largest absolute Gasteiger partial charge is 0.472 e. The summed E-state index contributed by atoms with van der Waals surface area (Å²) in [6.07, 6.45) is 67.1. The highest BCUT2D eigenvalue weighted by Crippen LogP contribution is 2.43. The second-order valence-corrected chi connectivity index (χ2v) is 20.2. The van der Waals surface area contributed by atoms with E-state index in [9.17, 15) is 19.0 Å². The zero-order valence-electron chi connectivity index (χ0n) is 44.1. The summed E-state index contributed by atoms with van der Waals surface area (Å²) >= 11 is 0. The van der Waals surface area contributed by atoms with Gasteiger partial charge in [0.15, 0.2) is 6.10 Å². The van der Waals surface area contributed by atoms with Crippen LogP contribution in [0.25, 0.3) is 0 Å². The number of phosphoric acid groups is 1. The fourth-order valence-corrected chi connectivity index (χ4v) is 8.74. The van der Waals surface area contributed by atoms with Crippen molar-refractivity contribution in [3.8, 4) is 0 Å². The third kappa shape index (κ3) is 53.1. The lowest BCUT2D eigenvalue weighted by Gasteiger charge is -2.19. The van der Waals surface area contributed by atoms with Crippen LogP contribution in [-0.2, 0) is 32.7 Å². The van der Waals surface area contributed by atoms with E-state index in [4.69, 9.17) is 24.3 Å². The summed E-state index contributed by atoms with van der Waals surface area (Å²) < 4.78 is 33.0. The van der Waals surface area contributed by atoms with Crippen LogP contribution >= 0.6 is 7.82 Å². The van der Waals surface area contributed by atoms with Crippen molar-refractivity contribution in [2.75, 3.05) is 26.4 Å². The van der Waals surface area contributed by atoms with Crippen LogP contribution in [0.4, 0.5) is 0 Å². The van der Waals surface area contributed by atoms with Gasteiger partial charge in [-0.25, -0.2) is 4.57 Å². The molecule has 0 bridgehead atoms. The molecule has 2 unspecified atom stereocenters. The van der Waals surface area contributed by atoms with Gasteiger partial charge >= 0.3 is 19.8 Å². The molecule has 0 aliphatic rings. The summed E-state index contributed by atoms with van der Waals surface area (Å²) in [5.41, 5.74) is 5.37. The Morgan fingerprint density at radius 1 is 0.456 bits per heavy atom. The highest BCUT2D eigenvalue weighted by atomic mass is 31.2. The Morgan fingerprint density at radius 3 is 1.22 bits per heavy atom. The van der Waals surface area contributed by atoms with Crippen LogP contribution in [0.2, 0.25) is 0 Å². The van der Waals surface area contributed by atoms with Crippen LogP contribution in [0, 0.1) is 0 Å². The first kappa shape index (κ1) is 65.7. The van der Waals surface area contributed by atoms with Crippen molar-refractivity contribution in [1.29, 1.82) is 0 Å². The zero-order chi connectivity index (χ0) is 49.5. The quantitative estimate of drug-likeness (QED) is 0.0264. The van der Waals surface area contributed by atoms with Gasteiger partial charge in [0.2, 0.25) is 0 Å². The van der Waals surface area contributed by atoms with Gasteiger partial charge in [-0.3, -0.25) is 18.6 Å². The third-order valence-corrected chi connectivity index (χ3v) is 13.1. The minimum atomic E-state index is -4.39. The number of esters is 2. The fraction of sp³-hybridized carbons (Fsp3) is 0.793. The third-order valence-electron chi connectivity index (χ3n) is 12.1. The number of ether oxygens (including phenoxy) is 2. The number of phosphoric ester groups is 1. The first-order valence-corrected chi connectivity index (χ1v) is 29.8. The van der Waals surface area contributed by atoms with Crippen LogP contribution in [0.5, 0.6) is 0 Å². The second kappa shape index (κ2) is 54.1. The molecule has 0 aromatic rings. The minimum Gasteiger partial charge on any atom is -0.462 e. The molecule has 0 saturated carbocycles. The molecule has 2 atom stereocenters. The molecule has 0 spiro atoms. The Hall–Kier alpha value is -2.29. The average Bonchev–Trinajstić information content (AvgIpc) is 3.33. The van der Waals surface area contributed by atoms with E-state index in [1.807, 2.05) is 0 Å². The van der Waals surface area contributed by atoms with Gasteiger partial charge in [-0.2, -0.15) is 0 Å². The summed E-state index contributed by atoms with van der Waals surface area (Å²) in [6.45, 7) is 3.64. The van der Waals surface area contributed by atoms with Crippen LogP contribution in [-0.4, -0.2) is 49.3 Å². The predicted molar refractivity (Wildman–Crippen MR) is 289 cm³/mol. The molecule has 10 heteroatoms. The topological polar surface area (TPSA) is 134 Å². The van der Waals surface area contributed by atoms with Gasteiger partial charge in [-0.1, -0.05) is 235 Å². The molecule has 3 N–H and O–H groups in total. The normalized spacial score (nSPS) is 13.5. The SMILES string of the molecule is CC/C=C\C/C=C\C/C=C\C/C=C\CCCCCCCCCCCCCCCCCCCCC(=O)OC(COC(=O)CCCCCCC/C=C\CCCCCCCCC)COP(=O)(O)OCCN. The molecule has 0 aliphatic heterocycles. The van der Waals surface area contributed by atoms with Crippen molar-refractivity contribution < 1.29 is 37.6 Å². The van der Waals surface area contributed by atoms with Gasteiger partial charge < -0.3 is 20.1 Å². The molecular formula is C58H106NO8P. The molecular weight excluding hydrogens is 870 g/mol. The van der Waals surface area contributed by atoms with E-state index in [0.717, 1.165) is 83.5 Å². The predicted octanol–water partition coefficient (Wildman–Crippen LogP) is 17.6. The number of carbonyl (C=O) groups excluding carboxylic acids is 2. The number of hydrogen-bond acceptors (Lipinski definition) is 8. The van der Waals surface area contributed by atoms with Crippen LogP contribution < -0.4 is 5.73 Å². The highest BCUT2D eigenvalue weighted by molar-refractivity contribution is 7.47. The summed E-state index contributed by atoms with van der Waals surface area (Å²) in [4.78, 5) is 35.1. The maximum absolute atomic E-state index is 12.7. The Labute approximate surface area is 419 Å². The van der Waals surface area contributed by atoms with Crippen molar-refractivity contribution in [1.82, 2.24) is 0 Å². The fourth-order valence-electron chi connectivity index (χ4n) is 7.98. The van der Waals surface area contributed by atoms with E-state index in [1.54, 1.807) is 0 Å². The van der Waals surface area contributed by atoms with E-state index < -0.39 is 26.5 Å². The standard InChI is InChI=1S/C58H106NO8P/c1-3-5-7-9-11-13-15-17-19-21-22-23-24-25-26-27-28-29-30-31-32-33-34-35-37-39-41-43-45-47-49-51-58(61)67-56(55-66-68(62,63)65-53-52-59)54-64-57(60)50-48-46-44-42-40-38-36-20-18-16-14-12-10-8-6-4-2/h5,7,11,13,17,19-20,22-23,36,56H,3-4,6,8-10,12,14-16,18,21,24-35,37-55,59H2,1-2H3,(H,62,63)/b7-5-,13-11-,19-17-,23-22-,36-20-. The molecule has 68 heavy (non-hydrogen) atoms. The number of hydrogen-bond donors (Lipinski definition) is 2. The molecule has 0 saturated heterocycles. The van der Waals surface area contributed by atoms with E-state index in [1.165, 1.54) is 148 Å².